The molecule has 0 aliphatic carbocycles. The Balaban J connectivity index is 1.20. The Morgan fingerprint density at radius 3 is 2.90 bits per heavy atom. The molecule has 0 radical (unpaired) electrons. The van der Waals surface area contributed by atoms with Crippen LogP contribution in [0.15, 0.2) is 36.5 Å². The number of benzene rings is 1. The molecule has 5 heterocycles. The van der Waals surface area contributed by atoms with E-state index >= 15 is 0 Å². The summed E-state index contributed by atoms with van der Waals surface area (Å²) in [5.74, 6) is 0.678. The normalized spacial score (nSPS) is 31.1. The van der Waals surface area contributed by atoms with Gasteiger partial charge in [0.25, 0.3) is 0 Å². The van der Waals surface area contributed by atoms with E-state index < -0.39 is 0 Å². The van der Waals surface area contributed by atoms with Crippen LogP contribution in [0.4, 0.5) is 0 Å². The van der Waals surface area contributed by atoms with Crippen molar-refractivity contribution in [2.75, 3.05) is 52.5 Å². The van der Waals surface area contributed by atoms with Gasteiger partial charge < -0.3 is 19.7 Å². The Labute approximate surface area is 172 Å². The van der Waals surface area contributed by atoms with Crippen molar-refractivity contribution in [1.29, 1.82) is 0 Å². The molecule has 29 heavy (non-hydrogen) atoms. The van der Waals surface area contributed by atoms with Gasteiger partial charge in [-0.05, 0) is 37.0 Å². The number of ether oxygens (including phenoxy) is 2. The van der Waals surface area contributed by atoms with E-state index in [0.29, 0.717) is 11.3 Å². The second-order valence-electron chi connectivity index (χ2n) is 9.36. The smallest absolute Gasteiger partial charge is 0.115 e. The number of likely N-dealkylation sites (tertiary alicyclic amines) is 1. The van der Waals surface area contributed by atoms with Gasteiger partial charge in [0.2, 0.25) is 0 Å². The van der Waals surface area contributed by atoms with Gasteiger partial charge in [-0.3, -0.25) is 0 Å². The van der Waals surface area contributed by atoms with Gasteiger partial charge in [-0.25, -0.2) is 4.68 Å². The molecule has 0 amide bonds. The van der Waals surface area contributed by atoms with Crippen LogP contribution in [0.1, 0.15) is 24.1 Å². The van der Waals surface area contributed by atoms with E-state index in [1.807, 2.05) is 10.7 Å². The van der Waals surface area contributed by atoms with Crippen LogP contribution in [0, 0.1) is 11.3 Å². The molecular weight excluding hydrogens is 364 g/mol. The maximum Gasteiger partial charge on any atom is 0.115 e. The first kappa shape index (κ1) is 18.1. The first-order valence-corrected chi connectivity index (χ1v) is 11.1. The lowest BCUT2D eigenvalue weighted by molar-refractivity contribution is -0.104. The van der Waals surface area contributed by atoms with Crippen molar-refractivity contribution in [2.24, 2.45) is 11.3 Å². The number of hydrogen-bond donors (Lipinski definition) is 1. The van der Waals surface area contributed by atoms with Crippen molar-refractivity contribution in [2.45, 2.75) is 24.9 Å². The molecule has 2 atom stereocenters. The van der Waals surface area contributed by atoms with Crippen LogP contribution in [-0.4, -0.2) is 67.2 Å². The number of para-hydroxylation sites is 1. The highest BCUT2D eigenvalue weighted by Crippen LogP contribution is 2.43. The van der Waals surface area contributed by atoms with E-state index in [2.05, 4.69) is 40.7 Å². The van der Waals surface area contributed by atoms with E-state index in [4.69, 9.17) is 14.6 Å². The number of piperidine rings is 1. The van der Waals surface area contributed by atoms with Crippen LogP contribution < -0.4 is 5.32 Å². The topological polar surface area (TPSA) is 51.6 Å². The van der Waals surface area contributed by atoms with Gasteiger partial charge in [-0.1, -0.05) is 18.2 Å². The monoisotopic (exact) mass is 394 g/mol. The van der Waals surface area contributed by atoms with Gasteiger partial charge in [0.1, 0.15) is 5.60 Å². The third-order valence-corrected chi connectivity index (χ3v) is 7.64. The van der Waals surface area contributed by atoms with Gasteiger partial charge in [-0.15, -0.1) is 0 Å². The summed E-state index contributed by atoms with van der Waals surface area (Å²) in [4.78, 5) is 2.64. The Bertz CT molecular complexity index is 862. The summed E-state index contributed by atoms with van der Waals surface area (Å²) in [6, 6.07) is 10.4. The van der Waals surface area contributed by atoms with E-state index in [-0.39, 0.29) is 5.60 Å². The molecule has 4 aliphatic heterocycles. The van der Waals surface area contributed by atoms with Crippen LogP contribution in [0.5, 0.6) is 0 Å². The van der Waals surface area contributed by atoms with Gasteiger partial charge in [0, 0.05) is 50.3 Å². The van der Waals surface area contributed by atoms with Crippen molar-refractivity contribution in [1.82, 2.24) is 20.0 Å². The quantitative estimate of drug-likeness (QED) is 0.863. The fourth-order valence-electron chi connectivity index (χ4n) is 5.91. The van der Waals surface area contributed by atoms with Crippen molar-refractivity contribution in [3.05, 3.63) is 47.8 Å². The van der Waals surface area contributed by atoms with Gasteiger partial charge in [-0.2, -0.15) is 5.10 Å². The Kier molecular flexibility index (Phi) is 4.31. The third kappa shape index (κ3) is 2.96. The standard InChI is InChI=1S/C23H30N4O2/c1-2-4-20(5-3-1)27-13-18-6-11-29-23(21(18)25-27)7-9-26(10-8-23)16-22-15-24-12-19(22)14-28-17-22/h1-5,13,19,24H,6-12,14-17H2/t19-,22-/m0/s1. The van der Waals surface area contributed by atoms with Crippen LogP contribution in [0.25, 0.3) is 5.69 Å². The highest BCUT2D eigenvalue weighted by Gasteiger charge is 2.50. The van der Waals surface area contributed by atoms with E-state index in [0.717, 1.165) is 77.5 Å². The molecular formula is C23H30N4O2. The number of hydrogen-bond acceptors (Lipinski definition) is 5. The molecule has 0 saturated carbocycles. The number of nitrogens with one attached hydrogen (secondary N) is 1. The first-order chi connectivity index (χ1) is 14.3. The van der Waals surface area contributed by atoms with Crippen molar-refractivity contribution >= 4 is 0 Å². The molecule has 1 aromatic carbocycles. The number of aromatic nitrogens is 2. The molecule has 1 spiro atoms. The average molecular weight is 395 g/mol. The molecule has 2 aromatic rings. The number of rotatable bonds is 3. The fourth-order valence-corrected chi connectivity index (χ4v) is 5.91. The van der Waals surface area contributed by atoms with Crippen LogP contribution >= 0.6 is 0 Å². The average Bonchev–Trinajstić information content (AvgIpc) is 3.45. The minimum absolute atomic E-state index is 0.207. The lowest BCUT2D eigenvalue weighted by atomic mass is 9.78. The summed E-state index contributed by atoms with van der Waals surface area (Å²) < 4.78 is 14.3. The van der Waals surface area contributed by atoms with Gasteiger partial charge in [0.05, 0.1) is 31.2 Å². The maximum absolute atomic E-state index is 6.45. The maximum atomic E-state index is 6.45. The molecule has 6 nitrogen and oxygen atoms in total. The molecule has 1 N–H and O–H groups in total. The number of nitrogens with zero attached hydrogens (tertiary/aromatic N) is 3. The summed E-state index contributed by atoms with van der Waals surface area (Å²) in [5, 5.41) is 8.62. The summed E-state index contributed by atoms with van der Waals surface area (Å²) in [7, 11) is 0. The van der Waals surface area contributed by atoms with Crippen LogP contribution in [-0.2, 0) is 21.5 Å². The van der Waals surface area contributed by atoms with Gasteiger partial charge in [0.15, 0.2) is 0 Å². The zero-order chi connectivity index (χ0) is 19.3. The molecule has 6 rings (SSSR count). The molecule has 0 bridgehead atoms. The fraction of sp³-hybridized carbons (Fsp3) is 0.609. The summed E-state index contributed by atoms with van der Waals surface area (Å²) in [6.45, 7) is 8.15. The Hall–Kier alpha value is -1.73. The zero-order valence-corrected chi connectivity index (χ0v) is 17.0. The van der Waals surface area contributed by atoms with E-state index in [1.165, 1.54) is 11.3 Å². The third-order valence-electron chi connectivity index (χ3n) is 7.64. The SMILES string of the molecule is c1ccc(-n2cc3c(n2)C2(CCN(C[C@]45CNC[C@H]4COC5)CC2)OCC3)cc1. The molecule has 0 unspecified atom stereocenters. The molecule has 154 valence electrons. The summed E-state index contributed by atoms with van der Waals surface area (Å²) in [5.41, 5.74) is 3.76. The lowest BCUT2D eigenvalue weighted by Crippen LogP contribution is -2.51. The molecule has 1 aromatic heterocycles. The molecule has 3 fully saturated rings. The Morgan fingerprint density at radius 1 is 1.17 bits per heavy atom. The Morgan fingerprint density at radius 2 is 2.03 bits per heavy atom. The molecule has 4 aliphatic rings. The number of fused-ring (bicyclic) bond motifs is 3. The summed E-state index contributed by atoms with van der Waals surface area (Å²) >= 11 is 0. The van der Waals surface area contributed by atoms with Crippen molar-refractivity contribution in [3.63, 3.8) is 0 Å². The predicted molar refractivity (Wildman–Crippen MR) is 110 cm³/mol. The lowest BCUT2D eigenvalue weighted by Gasteiger charge is -2.45. The van der Waals surface area contributed by atoms with Crippen molar-refractivity contribution in [3.8, 4) is 5.69 Å². The molecule has 3 saturated heterocycles. The largest absolute Gasteiger partial charge is 0.380 e. The second kappa shape index (κ2) is 6.91. The van der Waals surface area contributed by atoms with E-state index in [1.54, 1.807) is 0 Å². The first-order valence-electron chi connectivity index (χ1n) is 11.1. The van der Waals surface area contributed by atoms with Gasteiger partial charge >= 0.3 is 0 Å². The summed E-state index contributed by atoms with van der Waals surface area (Å²) in [6.07, 6.45) is 5.23. The minimum Gasteiger partial charge on any atom is -0.380 e. The van der Waals surface area contributed by atoms with Crippen LogP contribution in [0.3, 0.4) is 0 Å². The highest BCUT2D eigenvalue weighted by atomic mass is 16.5. The zero-order valence-electron chi connectivity index (χ0n) is 17.0. The minimum atomic E-state index is -0.207. The second-order valence-corrected chi connectivity index (χ2v) is 9.36. The van der Waals surface area contributed by atoms with Crippen molar-refractivity contribution < 1.29 is 9.47 Å². The predicted octanol–water partition coefficient (Wildman–Crippen LogP) is 1.97. The van der Waals surface area contributed by atoms with E-state index in [9.17, 15) is 0 Å². The molecule has 6 heteroatoms. The highest BCUT2D eigenvalue weighted by molar-refractivity contribution is 5.35. The van der Waals surface area contributed by atoms with Crippen LogP contribution in [0.2, 0.25) is 0 Å².